The number of rotatable bonds is 1. The second-order valence-electron chi connectivity index (χ2n) is 5.73. The molecule has 0 bridgehead atoms. The van der Waals surface area contributed by atoms with E-state index in [0.29, 0.717) is 12.6 Å². The third kappa shape index (κ3) is 2.19. The predicted molar refractivity (Wildman–Crippen MR) is 85.2 cm³/mol. The average Bonchev–Trinajstić information content (AvgIpc) is 3.03. The van der Waals surface area contributed by atoms with Crippen LogP contribution in [-0.4, -0.2) is 21.3 Å². The molecule has 0 aromatic carbocycles. The van der Waals surface area contributed by atoms with Crippen LogP contribution in [0.4, 0.5) is 0 Å². The number of nitriles is 1. The summed E-state index contributed by atoms with van der Waals surface area (Å²) in [6.45, 7) is 0.305. The van der Waals surface area contributed by atoms with E-state index in [0.717, 1.165) is 33.4 Å². The van der Waals surface area contributed by atoms with Crippen molar-refractivity contribution in [3.63, 3.8) is 0 Å². The van der Waals surface area contributed by atoms with Gasteiger partial charge in [-0.15, -0.1) is 5.10 Å². The number of imidazole rings is 1. The summed E-state index contributed by atoms with van der Waals surface area (Å²) in [6, 6.07) is 0. The molecule has 0 spiro atoms. The standard InChI is InChI=1S/C12H12BBrN4S.CH4/c14-11-17-18-5-10(16-12(18)19-11)7-1-8-3-13(6-15)4-9(8)2-7;/h5,7-9H,1-4H2;1H4. The monoisotopic (exact) mass is 350 g/mol. The molecule has 104 valence electrons. The number of aromatic nitrogens is 3. The lowest BCUT2D eigenvalue weighted by Crippen LogP contribution is -2.06. The van der Waals surface area contributed by atoms with E-state index in [1.807, 2.05) is 4.52 Å². The molecule has 0 radical (unpaired) electrons. The fourth-order valence-corrected chi connectivity index (χ4v) is 5.08. The van der Waals surface area contributed by atoms with Crippen molar-refractivity contribution in [1.82, 2.24) is 14.6 Å². The first-order chi connectivity index (χ1) is 9.22. The quantitative estimate of drug-likeness (QED) is 0.733. The molecular formula is C13H16BBrN4S. The van der Waals surface area contributed by atoms with E-state index < -0.39 is 0 Å². The van der Waals surface area contributed by atoms with Crippen LogP contribution < -0.4 is 0 Å². The van der Waals surface area contributed by atoms with Crippen molar-refractivity contribution in [3.05, 3.63) is 15.8 Å². The van der Waals surface area contributed by atoms with Gasteiger partial charge in [0.1, 0.15) is 0 Å². The van der Waals surface area contributed by atoms with Crippen molar-refractivity contribution in [1.29, 1.82) is 5.26 Å². The molecule has 1 aliphatic heterocycles. The Bertz CT molecular complexity index is 630. The summed E-state index contributed by atoms with van der Waals surface area (Å²) >= 11 is 4.95. The maximum Gasteiger partial charge on any atom is 0.268 e. The van der Waals surface area contributed by atoms with Gasteiger partial charge in [-0.2, -0.15) is 0 Å². The highest BCUT2D eigenvalue weighted by Crippen LogP contribution is 2.50. The molecule has 2 unspecified atom stereocenters. The van der Waals surface area contributed by atoms with E-state index in [2.05, 4.69) is 33.2 Å². The molecule has 0 amide bonds. The molecule has 2 aromatic heterocycles. The van der Waals surface area contributed by atoms with E-state index in [4.69, 9.17) is 10.2 Å². The van der Waals surface area contributed by atoms with Gasteiger partial charge < -0.3 is 0 Å². The fourth-order valence-electron chi connectivity index (χ4n) is 3.85. The lowest BCUT2D eigenvalue weighted by Gasteiger charge is -2.07. The molecule has 1 aliphatic carbocycles. The smallest absolute Gasteiger partial charge is 0.222 e. The summed E-state index contributed by atoms with van der Waals surface area (Å²) < 4.78 is 2.75. The fraction of sp³-hybridized carbons (Fsp3) is 0.615. The number of hydrogen-bond acceptors (Lipinski definition) is 4. The molecule has 2 aliphatic rings. The minimum absolute atomic E-state index is 0. The molecule has 3 heterocycles. The summed E-state index contributed by atoms with van der Waals surface area (Å²) in [5.41, 5.74) is 1.19. The summed E-state index contributed by atoms with van der Waals surface area (Å²) in [7, 11) is 0. The number of nitrogens with zero attached hydrogens (tertiary/aromatic N) is 4. The third-order valence-electron chi connectivity index (χ3n) is 4.65. The van der Waals surface area contributed by atoms with Crippen LogP contribution in [0, 0.1) is 23.1 Å². The topological polar surface area (TPSA) is 54.0 Å². The highest BCUT2D eigenvalue weighted by molar-refractivity contribution is 9.11. The molecule has 1 saturated heterocycles. The van der Waals surface area contributed by atoms with Gasteiger partial charge in [0.25, 0.3) is 6.71 Å². The van der Waals surface area contributed by atoms with E-state index >= 15 is 0 Å². The normalized spacial score (nSPS) is 28.4. The first kappa shape index (κ1) is 14.1. The Morgan fingerprint density at radius 3 is 2.70 bits per heavy atom. The second-order valence-corrected chi connectivity index (χ2v) is 7.97. The molecule has 4 rings (SSSR count). The van der Waals surface area contributed by atoms with Crippen LogP contribution in [0.25, 0.3) is 4.96 Å². The van der Waals surface area contributed by atoms with Gasteiger partial charge in [0.2, 0.25) is 4.96 Å². The Morgan fingerprint density at radius 1 is 1.40 bits per heavy atom. The van der Waals surface area contributed by atoms with Gasteiger partial charge in [-0.05, 0) is 40.6 Å². The first-order valence-corrected chi connectivity index (χ1v) is 8.25. The van der Waals surface area contributed by atoms with E-state index in [9.17, 15) is 0 Å². The average molecular weight is 351 g/mol. The molecule has 0 N–H and O–H groups in total. The van der Waals surface area contributed by atoms with Crippen molar-refractivity contribution in [2.45, 2.75) is 38.8 Å². The first-order valence-electron chi connectivity index (χ1n) is 6.64. The van der Waals surface area contributed by atoms with Crippen LogP contribution in [-0.2, 0) is 0 Å². The van der Waals surface area contributed by atoms with Crippen LogP contribution in [0.3, 0.4) is 0 Å². The summed E-state index contributed by atoms with van der Waals surface area (Å²) in [5, 5.41) is 13.4. The highest BCUT2D eigenvalue weighted by Gasteiger charge is 2.44. The van der Waals surface area contributed by atoms with E-state index in [-0.39, 0.29) is 7.43 Å². The van der Waals surface area contributed by atoms with Gasteiger partial charge in [0.15, 0.2) is 3.92 Å². The molecule has 2 atom stereocenters. The predicted octanol–water partition coefficient (Wildman–Crippen LogP) is 3.87. The zero-order valence-corrected chi connectivity index (χ0v) is 12.7. The van der Waals surface area contributed by atoms with Crippen LogP contribution >= 0.6 is 27.3 Å². The van der Waals surface area contributed by atoms with Gasteiger partial charge in [-0.25, -0.2) is 14.8 Å². The maximum absolute atomic E-state index is 9.02. The van der Waals surface area contributed by atoms with E-state index in [1.165, 1.54) is 18.5 Å². The van der Waals surface area contributed by atoms with E-state index in [1.54, 1.807) is 11.3 Å². The Kier molecular flexibility index (Phi) is 3.63. The van der Waals surface area contributed by atoms with Crippen molar-refractivity contribution in [3.8, 4) is 5.97 Å². The molecule has 2 fully saturated rings. The van der Waals surface area contributed by atoms with Gasteiger partial charge >= 0.3 is 0 Å². The molecular weight excluding hydrogens is 335 g/mol. The van der Waals surface area contributed by atoms with Gasteiger partial charge in [0, 0.05) is 11.9 Å². The van der Waals surface area contributed by atoms with Gasteiger partial charge in [-0.3, -0.25) is 0 Å². The largest absolute Gasteiger partial charge is 0.268 e. The van der Waals surface area contributed by atoms with Crippen LogP contribution in [0.1, 0.15) is 31.9 Å². The number of hydrogen-bond donors (Lipinski definition) is 0. The Hall–Kier alpha value is -0.865. The number of halogens is 1. The van der Waals surface area contributed by atoms with Crippen molar-refractivity contribution in [2.75, 3.05) is 0 Å². The van der Waals surface area contributed by atoms with Gasteiger partial charge in [0.05, 0.1) is 11.9 Å². The highest BCUT2D eigenvalue weighted by atomic mass is 79.9. The zero-order chi connectivity index (χ0) is 13.0. The van der Waals surface area contributed by atoms with Crippen LogP contribution in [0.5, 0.6) is 0 Å². The lowest BCUT2D eigenvalue weighted by molar-refractivity contribution is 0.486. The summed E-state index contributed by atoms with van der Waals surface area (Å²) in [6.07, 6.45) is 6.68. The zero-order valence-electron chi connectivity index (χ0n) is 10.3. The summed E-state index contributed by atoms with van der Waals surface area (Å²) in [4.78, 5) is 5.67. The summed E-state index contributed by atoms with van der Waals surface area (Å²) in [5.74, 6) is 4.50. The van der Waals surface area contributed by atoms with Crippen molar-refractivity contribution in [2.24, 2.45) is 11.8 Å². The Balaban J connectivity index is 0.00000121. The third-order valence-corrected chi connectivity index (χ3v) is 6.01. The lowest BCUT2D eigenvalue weighted by atomic mass is 9.49. The molecule has 2 aromatic rings. The number of fused-ring (bicyclic) bond motifs is 2. The maximum atomic E-state index is 9.02. The Labute approximate surface area is 131 Å². The SMILES string of the molecule is C.N#CB1CC2CC(c3cn4nc(Br)sc4n3)CC2C1. The molecule has 4 nitrogen and oxygen atoms in total. The Morgan fingerprint density at radius 2 is 2.10 bits per heavy atom. The second kappa shape index (κ2) is 5.16. The van der Waals surface area contributed by atoms with Crippen molar-refractivity contribution >= 4 is 38.9 Å². The van der Waals surface area contributed by atoms with Crippen molar-refractivity contribution < 1.29 is 0 Å². The minimum Gasteiger partial charge on any atom is -0.222 e. The van der Waals surface area contributed by atoms with Crippen LogP contribution in [0.2, 0.25) is 12.6 Å². The van der Waals surface area contributed by atoms with Gasteiger partial charge in [-0.1, -0.05) is 31.4 Å². The molecule has 1 saturated carbocycles. The molecule has 20 heavy (non-hydrogen) atoms. The molecule has 7 heteroatoms. The van der Waals surface area contributed by atoms with Crippen LogP contribution in [0.15, 0.2) is 10.1 Å². The minimum atomic E-state index is 0.